The molecule has 0 amide bonds. The fourth-order valence-electron chi connectivity index (χ4n) is 21.5. The highest BCUT2D eigenvalue weighted by atomic mass is 15.2. The van der Waals surface area contributed by atoms with Gasteiger partial charge in [0, 0.05) is 88.9 Å². The van der Waals surface area contributed by atoms with E-state index in [0.717, 1.165) is 17.5 Å². The molecule has 11 aromatic carbocycles. The molecule has 0 bridgehead atoms. The van der Waals surface area contributed by atoms with Gasteiger partial charge < -0.3 is 13.7 Å². The number of aryl methyl sites for hydroxylation is 1. The molecule has 3 heterocycles. The lowest BCUT2D eigenvalue weighted by Crippen LogP contribution is -2.30. The molecule has 0 radical (unpaired) electrons. The second-order valence-corrected chi connectivity index (χ2v) is 28.8. The first-order valence-corrected chi connectivity index (χ1v) is 34.6. The second-order valence-electron chi connectivity index (χ2n) is 28.8. The van der Waals surface area contributed by atoms with Crippen LogP contribution in [0.25, 0.3) is 110 Å². The van der Waals surface area contributed by atoms with Crippen LogP contribution in [0.4, 0.5) is 0 Å². The number of benzene rings is 11. The van der Waals surface area contributed by atoms with Crippen LogP contribution in [0.15, 0.2) is 231 Å². The summed E-state index contributed by atoms with van der Waals surface area (Å²) in [4.78, 5) is 0. The maximum atomic E-state index is 11.8. The number of aromatic nitrogens is 3. The minimum Gasteiger partial charge on any atom is -0.336 e. The Kier molecular flexibility index (Phi) is 10.6. The molecule has 0 aliphatic heterocycles. The molecule has 14 aromatic rings. The minimum absolute atomic E-state index is 0.0720. The molecule has 7 aliphatic carbocycles. The average molecular weight is 1180 g/mol. The van der Waals surface area contributed by atoms with Crippen molar-refractivity contribution in [2.24, 2.45) is 5.41 Å². The summed E-state index contributed by atoms with van der Waals surface area (Å²) in [5, 5.41) is 19.9. The Morgan fingerprint density at radius 1 is 0.424 bits per heavy atom. The molecule has 6 atom stereocenters. The maximum Gasteiger partial charge on any atom is 0.0998 e. The van der Waals surface area contributed by atoms with Gasteiger partial charge in [0.05, 0.1) is 39.2 Å². The summed E-state index contributed by atoms with van der Waals surface area (Å²) in [6.07, 6.45) is 14.6. The van der Waals surface area contributed by atoms with Gasteiger partial charge >= 0.3 is 0 Å². The molecule has 7 aliphatic rings. The molecule has 6 unspecified atom stereocenters. The highest BCUT2D eigenvalue weighted by Gasteiger charge is 3.17. The standard InChI is InChI=1S/C88H70N4/c1-53-26-14-16-36-59(53)79-75(54-27-6-2-7-28-54)83(86-52-87(86)85-65-40-19-18-38-61(65)63-46-48-72-77(82(63)88(85,86)87)66-41-21-24-44-70(66)90(72)57-32-10-4-11-33-57)76(55-29-8-3-9-30-55)80(60-37-17-15-31-56(60)51-89)81(79)68-50-74(68)92-69-43-23-20-39-62(69)64-47-49-73-78(84(64)92)67-42-22-25-45-71(67)91(73)58-34-12-5-13-35-58/h4-5,10-26,31-49,54-55,68,74,85H,2-3,6-9,27-30,50,52H2,1H3. The van der Waals surface area contributed by atoms with Gasteiger partial charge in [0.15, 0.2) is 0 Å². The maximum absolute atomic E-state index is 11.8. The van der Waals surface area contributed by atoms with Crippen LogP contribution >= 0.6 is 0 Å². The Bertz CT molecular complexity index is 5560. The molecular weight excluding hydrogens is 1110 g/mol. The molecule has 2 spiro atoms. The summed E-state index contributed by atoms with van der Waals surface area (Å²) in [5.41, 5.74) is 30.4. The van der Waals surface area contributed by atoms with Crippen LogP contribution in [0.1, 0.15) is 151 Å². The van der Waals surface area contributed by atoms with E-state index in [2.05, 4.69) is 257 Å². The molecule has 0 N–H and O–H groups in total. The number of rotatable bonds is 9. The van der Waals surface area contributed by atoms with E-state index in [-0.39, 0.29) is 28.2 Å². The second kappa shape index (κ2) is 18.7. The van der Waals surface area contributed by atoms with Crippen molar-refractivity contribution in [3.8, 4) is 50.8 Å². The van der Waals surface area contributed by atoms with Gasteiger partial charge in [-0.05, 0) is 185 Å². The summed E-state index contributed by atoms with van der Waals surface area (Å²) in [5.74, 6) is 1.40. The Morgan fingerprint density at radius 2 is 0.957 bits per heavy atom. The third-order valence-electron chi connectivity index (χ3n) is 24.9. The first-order chi connectivity index (χ1) is 45.6. The van der Waals surface area contributed by atoms with Crippen molar-refractivity contribution in [3.63, 3.8) is 0 Å². The van der Waals surface area contributed by atoms with E-state index in [1.165, 1.54) is 186 Å². The summed E-state index contributed by atoms with van der Waals surface area (Å²) >= 11 is 0. The summed E-state index contributed by atoms with van der Waals surface area (Å²) in [6.45, 7) is 2.41. The lowest BCUT2D eigenvalue weighted by Gasteiger charge is -2.41. The number of nitrogens with zero attached hydrogens (tertiary/aromatic N) is 4. The van der Waals surface area contributed by atoms with E-state index < -0.39 is 0 Å². The van der Waals surface area contributed by atoms with Crippen molar-refractivity contribution < 1.29 is 0 Å². The van der Waals surface area contributed by atoms with Crippen molar-refractivity contribution in [1.29, 1.82) is 5.26 Å². The van der Waals surface area contributed by atoms with Crippen LogP contribution in [0.2, 0.25) is 0 Å². The van der Waals surface area contributed by atoms with Crippen LogP contribution in [-0.2, 0) is 10.8 Å². The van der Waals surface area contributed by atoms with Gasteiger partial charge in [-0.1, -0.05) is 208 Å². The Labute approximate surface area is 537 Å². The van der Waals surface area contributed by atoms with Crippen LogP contribution in [0, 0.1) is 23.7 Å². The molecule has 0 saturated heterocycles. The van der Waals surface area contributed by atoms with Crippen LogP contribution in [-0.4, -0.2) is 13.7 Å². The SMILES string of the molecule is Cc1ccccc1-c1c(C2CCCCC2)c(C23CC24C2c5ccccc5-c5ccc6c(c5C234)c2ccccc2n6-c2ccccc2)c(C2CCCCC2)c(-c2ccccc2C#N)c1C1CC1n1c2ccccc2c2ccc3c(c4ccccc4n3-c3ccccc3)c21. The Balaban J connectivity index is 0.899. The molecule has 21 rings (SSSR count). The number of hydrogen-bond acceptors (Lipinski definition) is 1. The van der Waals surface area contributed by atoms with Gasteiger partial charge in [-0.2, -0.15) is 5.26 Å². The normalized spacial score (nSPS) is 23.5. The zero-order valence-electron chi connectivity index (χ0n) is 52.1. The zero-order valence-corrected chi connectivity index (χ0v) is 52.1. The van der Waals surface area contributed by atoms with E-state index >= 15 is 0 Å². The molecule has 6 saturated carbocycles. The fourth-order valence-corrected chi connectivity index (χ4v) is 21.5. The highest BCUT2D eigenvalue weighted by Crippen LogP contribution is 3.18. The first-order valence-electron chi connectivity index (χ1n) is 34.6. The molecule has 6 fully saturated rings. The molecule has 92 heavy (non-hydrogen) atoms. The number of fused-ring (bicyclic) bond motifs is 15. The van der Waals surface area contributed by atoms with Crippen molar-refractivity contribution in [1.82, 2.24) is 13.7 Å². The van der Waals surface area contributed by atoms with Gasteiger partial charge in [-0.3, -0.25) is 0 Å². The van der Waals surface area contributed by atoms with Crippen LogP contribution in [0.5, 0.6) is 0 Å². The lowest BCUT2D eigenvalue weighted by atomic mass is 9.62. The quantitative estimate of drug-likeness (QED) is 0.142. The average Bonchev–Trinajstić information content (AvgIpc) is 1.32. The van der Waals surface area contributed by atoms with Gasteiger partial charge in [-0.15, -0.1) is 0 Å². The van der Waals surface area contributed by atoms with Crippen LogP contribution in [0.3, 0.4) is 0 Å². The summed E-state index contributed by atoms with van der Waals surface area (Å²) in [7, 11) is 0. The van der Waals surface area contributed by atoms with Crippen LogP contribution < -0.4 is 0 Å². The molecule has 4 heteroatoms. The summed E-state index contributed by atoms with van der Waals surface area (Å²) < 4.78 is 7.92. The van der Waals surface area contributed by atoms with E-state index in [9.17, 15) is 5.26 Å². The van der Waals surface area contributed by atoms with Gasteiger partial charge in [0.25, 0.3) is 0 Å². The number of para-hydroxylation sites is 5. The Morgan fingerprint density at radius 3 is 1.62 bits per heavy atom. The predicted molar refractivity (Wildman–Crippen MR) is 378 cm³/mol. The predicted octanol–water partition coefficient (Wildman–Crippen LogP) is 22.7. The fraction of sp³-hybridized carbons (Fsp3) is 0.239. The zero-order chi connectivity index (χ0) is 60.3. The topological polar surface area (TPSA) is 38.6 Å². The number of nitriles is 1. The van der Waals surface area contributed by atoms with Crippen molar-refractivity contribution >= 4 is 65.4 Å². The largest absolute Gasteiger partial charge is 0.336 e. The van der Waals surface area contributed by atoms with Gasteiger partial charge in [-0.25, -0.2) is 0 Å². The third kappa shape index (κ3) is 6.38. The Hall–Kier alpha value is -9.69. The molecule has 4 nitrogen and oxygen atoms in total. The lowest BCUT2D eigenvalue weighted by molar-refractivity contribution is 0.424. The van der Waals surface area contributed by atoms with E-state index in [0.29, 0.717) is 17.8 Å². The van der Waals surface area contributed by atoms with Crippen molar-refractivity contribution in [3.05, 3.63) is 275 Å². The smallest absolute Gasteiger partial charge is 0.0998 e. The molecule has 3 aromatic heterocycles. The molecule has 442 valence electrons. The van der Waals surface area contributed by atoms with E-state index in [1.807, 2.05) is 0 Å². The van der Waals surface area contributed by atoms with E-state index in [4.69, 9.17) is 0 Å². The molecular formula is C88H70N4. The van der Waals surface area contributed by atoms with Gasteiger partial charge in [0.2, 0.25) is 0 Å². The monoisotopic (exact) mass is 1180 g/mol. The third-order valence-corrected chi connectivity index (χ3v) is 24.9. The van der Waals surface area contributed by atoms with Gasteiger partial charge in [0.1, 0.15) is 0 Å². The summed E-state index contributed by atoms with van der Waals surface area (Å²) in [6, 6.07) is 91.0. The van der Waals surface area contributed by atoms with Crippen molar-refractivity contribution in [2.45, 2.75) is 125 Å². The number of hydrogen-bond donors (Lipinski definition) is 0. The first kappa shape index (κ1) is 52.0. The minimum atomic E-state index is -0.0758. The van der Waals surface area contributed by atoms with Crippen molar-refractivity contribution in [2.75, 3.05) is 0 Å². The highest BCUT2D eigenvalue weighted by molar-refractivity contribution is 6.26. The van der Waals surface area contributed by atoms with E-state index in [1.54, 1.807) is 27.8 Å².